The van der Waals surface area contributed by atoms with E-state index >= 15 is 0 Å². The van der Waals surface area contributed by atoms with Gasteiger partial charge in [0.05, 0.1) is 5.92 Å². The van der Waals surface area contributed by atoms with Gasteiger partial charge >= 0.3 is 5.97 Å². The van der Waals surface area contributed by atoms with E-state index in [1.165, 1.54) is 0 Å². The van der Waals surface area contributed by atoms with E-state index in [2.05, 4.69) is 19.1 Å². The molecule has 3 nitrogen and oxygen atoms in total. The summed E-state index contributed by atoms with van der Waals surface area (Å²) in [5.41, 5.74) is 5.75. The van der Waals surface area contributed by atoms with Crippen molar-refractivity contribution in [1.82, 2.24) is 0 Å². The summed E-state index contributed by atoms with van der Waals surface area (Å²) in [5, 5.41) is 9.66. The van der Waals surface area contributed by atoms with Crippen molar-refractivity contribution >= 4 is 5.97 Å². The quantitative estimate of drug-likeness (QED) is 0.758. The molecule has 1 saturated carbocycles. The number of hydrogen-bond acceptors (Lipinski definition) is 2. The summed E-state index contributed by atoms with van der Waals surface area (Å²) in [4.78, 5) is 11.8. The molecule has 3 heteroatoms. The average Bonchev–Trinajstić information content (AvgIpc) is 2.49. The van der Waals surface area contributed by atoms with Gasteiger partial charge in [0, 0.05) is 5.41 Å². The van der Waals surface area contributed by atoms with Crippen molar-refractivity contribution in [2.45, 2.75) is 40.5 Å². The fraction of sp³-hybridized carbons (Fsp3) is 0.800. The highest BCUT2D eigenvalue weighted by Gasteiger charge is 2.66. The maximum atomic E-state index is 11.8. The van der Waals surface area contributed by atoms with E-state index in [1.807, 2.05) is 20.8 Å². The van der Waals surface area contributed by atoms with Gasteiger partial charge in [-0.05, 0) is 36.1 Å². The Balaban J connectivity index is 2.39. The van der Waals surface area contributed by atoms with Gasteiger partial charge in [0.2, 0.25) is 0 Å². The third-order valence-corrected chi connectivity index (χ3v) is 5.08. The molecule has 1 fully saturated rings. The summed E-state index contributed by atoms with van der Waals surface area (Å²) in [7, 11) is 0. The van der Waals surface area contributed by atoms with Crippen LogP contribution < -0.4 is 5.73 Å². The first-order valence-electron chi connectivity index (χ1n) is 6.77. The highest BCUT2D eigenvalue weighted by Crippen LogP contribution is 2.68. The Labute approximate surface area is 109 Å². The first-order valence-corrected chi connectivity index (χ1v) is 6.77. The van der Waals surface area contributed by atoms with Crippen LogP contribution in [-0.2, 0) is 4.79 Å². The van der Waals surface area contributed by atoms with Crippen LogP contribution in [0.3, 0.4) is 0 Å². The zero-order valence-corrected chi connectivity index (χ0v) is 11.9. The zero-order chi connectivity index (χ0) is 13.8. The van der Waals surface area contributed by atoms with Gasteiger partial charge in [-0.15, -0.1) is 0 Å². The number of allylic oxidation sites excluding steroid dienone is 2. The lowest BCUT2D eigenvalue weighted by molar-refractivity contribution is -0.178. The zero-order valence-electron chi connectivity index (χ0n) is 11.9. The molecule has 2 aliphatic carbocycles. The Morgan fingerprint density at radius 3 is 2.56 bits per heavy atom. The molecule has 0 aromatic rings. The van der Waals surface area contributed by atoms with Crippen LogP contribution in [0.2, 0.25) is 0 Å². The van der Waals surface area contributed by atoms with E-state index in [9.17, 15) is 9.90 Å². The van der Waals surface area contributed by atoms with Gasteiger partial charge in [-0.25, -0.2) is 0 Å². The van der Waals surface area contributed by atoms with E-state index in [4.69, 9.17) is 5.73 Å². The summed E-state index contributed by atoms with van der Waals surface area (Å²) in [5.74, 6) is -0.749. The summed E-state index contributed by atoms with van der Waals surface area (Å²) in [6.45, 7) is 8.76. The lowest BCUT2D eigenvalue weighted by Gasteiger charge is -2.63. The molecule has 4 atom stereocenters. The highest BCUT2D eigenvalue weighted by molar-refractivity contribution is 5.73. The van der Waals surface area contributed by atoms with Crippen molar-refractivity contribution in [1.29, 1.82) is 0 Å². The Hall–Kier alpha value is -0.830. The van der Waals surface area contributed by atoms with Gasteiger partial charge in [0.25, 0.3) is 0 Å². The van der Waals surface area contributed by atoms with E-state index in [-0.39, 0.29) is 22.2 Å². The van der Waals surface area contributed by atoms with Crippen molar-refractivity contribution < 1.29 is 9.90 Å². The number of rotatable bonds is 3. The Kier molecular flexibility index (Phi) is 2.89. The first-order chi connectivity index (χ1) is 8.17. The molecule has 0 heterocycles. The van der Waals surface area contributed by atoms with E-state index in [0.717, 1.165) is 12.8 Å². The Bertz CT molecular complexity index is 396. The molecule has 0 spiro atoms. The molecular weight excluding hydrogens is 226 g/mol. The number of carboxylic acids is 1. The van der Waals surface area contributed by atoms with Crippen LogP contribution in [0.5, 0.6) is 0 Å². The van der Waals surface area contributed by atoms with E-state index in [0.29, 0.717) is 12.5 Å². The number of carbonyl (C=O) groups is 1. The van der Waals surface area contributed by atoms with Gasteiger partial charge in [-0.3, -0.25) is 4.79 Å². The second-order valence-electron chi connectivity index (χ2n) is 7.52. The van der Waals surface area contributed by atoms with Gasteiger partial charge in [0.1, 0.15) is 0 Å². The first kappa shape index (κ1) is 13.6. The summed E-state index contributed by atoms with van der Waals surface area (Å²) in [6.07, 6.45) is 6.40. The minimum Gasteiger partial charge on any atom is -0.481 e. The highest BCUT2D eigenvalue weighted by atomic mass is 16.4. The van der Waals surface area contributed by atoms with Crippen molar-refractivity contribution in [2.75, 3.05) is 6.54 Å². The van der Waals surface area contributed by atoms with Crippen LogP contribution in [0, 0.1) is 28.1 Å². The lowest BCUT2D eigenvalue weighted by atomic mass is 9.40. The molecule has 0 aromatic carbocycles. The van der Waals surface area contributed by atoms with Crippen LogP contribution in [-0.4, -0.2) is 17.6 Å². The molecule has 0 aromatic heterocycles. The third-order valence-electron chi connectivity index (χ3n) is 5.08. The predicted octanol–water partition coefficient (Wildman–Crippen LogP) is 2.66. The lowest BCUT2D eigenvalue weighted by Crippen LogP contribution is -2.63. The summed E-state index contributed by atoms with van der Waals surface area (Å²) < 4.78 is 0. The molecule has 2 rings (SSSR count). The van der Waals surface area contributed by atoms with Crippen molar-refractivity contribution in [2.24, 2.45) is 33.8 Å². The fourth-order valence-corrected chi connectivity index (χ4v) is 4.71. The second kappa shape index (κ2) is 3.83. The topological polar surface area (TPSA) is 63.3 Å². The number of fused-ring (bicyclic) bond motifs is 1. The third kappa shape index (κ3) is 1.63. The van der Waals surface area contributed by atoms with Crippen LogP contribution in [0.15, 0.2) is 12.2 Å². The van der Waals surface area contributed by atoms with E-state index < -0.39 is 5.97 Å². The molecule has 3 N–H and O–H groups in total. The average molecular weight is 251 g/mol. The van der Waals surface area contributed by atoms with Crippen molar-refractivity contribution in [3.05, 3.63) is 12.2 Å². The molecule has 102 valence electrons. The van der Waals surface area contributed by atoms with Crippen LogP contribution in [0.1, 0.15) is 40.5 Å². The molecule has 0 radical (unpaired) electrons. The molecular formula is C15H25NO2. The minimum atomic E-state index is -0.699. The maximum Gasteiger partial charge on any atom is 0.307 e. The van der Waals surface area contributed by atoms with Crippen molar-refractivity contribution in [3.8, 4) is 0 Å². The number of nitrogens with two attached hydrogens (primary N) is 1. The molecule has 0 saturated heterocycles. The number of aliphatic carboxylic acids is 1. The standard InChI is InChI=1S/C15H25NO2/c1-13(2,3)11(12(17)18)15(9-16)8-14(4)7-5-6-10(14)15/h5-6,10-11H,7-9,16H2,1-4H3,(H,17,18)/t10-,11?,14-,15+/m0/s1. The summed E-state index contributed by atoms with van der Waals surface area (Å²) >= 11 is 0. The van der Waals surface area contributed by atoms with Gasteiger partial charge in [-0.2, -0.15) is 0 Å². The minimum absolute atomic E-state index is 0.248. The molecule has 0 amide bonds. The molecule has 18 heavy (non-hydrogen) atoms. The number of hydrogen-bond donors (Lipinski definition) is 2. The van der Waals surface area contributed by atoms with Gasteiger partial charge in [-0.1, -0.05) is 39.8 Å². The van der Waals surface area contributed by atoms with Gasteiger partial charge in [0.15, 0.2) is 0 Å². The molecule has 1 unspecified atom stereocenters. The fourth-order valence-electron chi connectivity index (χ4n) is 4.71. The molecule has 0 aliphatic heterocycles. The largest absolute Gasteiger partial charge is 0.481 e. The molecule has 0 bridgehead atoms. The second-order valence-corrected chi connectivity index (χ2v) is 7.52. The predicted molar refractivity (Wildman–Crippen MR) is 72.0 cm³/mol. The Morgan fingerprint density at radius 1 is 1.56 bits per heavy atom. The summed E-state index contributed by atoms with van der Waals surface area (Å²) in [6, 6.07) is 0. The van der Waals surface area contributed by atoms with E-state index in [1.54, 1.807) is 0 Å². The number of carboxylic acid groups (broad SMARTS) is 1. The van der Waals surface area contributed by atoms with Crippen LogP contribution in [0.25, 0.3) is 0 Å². The monoisotopic (exact) mass is 251 g/mol. The normalized spacial score (nSPS) is 40.2. The van der Waals surface area contributed by atoms with Gasteiger partial charge < -0.3 is 10.8 Å². The Morgan fingerprint density at radius 2 is 2.17 bits per heavy atom. The van der Waals surface area contributed by atoms with Crippen LogP contribution in [0.4, 0.5) is 0 Å². The SMILES string of the molecule is CC(C)(C)C(C(=O)O)[C@@]1(CN)C[C@]2(C)CC=C[C@@H]21. The van der Waals surface area contributed by atoms with Crippen LogP contribution >= 0.6 is 0 Å². The maximum absolute atomic E-state index is 11.8. The smallest absolute Gasteiger partial charge is 0.307 e. The van der Waals surface area contributed by atoms with Crippen molar-refractivity contribution in [3.63, 3.8) is 0 Å². The molecule has 2 aliphatic rings.